The van der Waals surface area contributed by atoms with Crippen LogP contribution in [0.4, 0.5) is 0 Å². The average molecular weight is 309 g/mol. The van der Waals surface area contributed by atoms with Gasteiger partial charge in [-0.05, 0) is 50.4 Å². The zero-order valence-electron chi connectivity index (χ0n) is 12.1. The first-order valence-corrected chi connectivity index (χ1v) is 7.96. The maximum Gasteiger partial charge on any atom is 0.255 e. The molecule has 1 aromatic carbocycles. The fourth-order valence-electron chi connectivity index (χ4n) is 3.61. The summed E-state index contributed by atoms with van der Waals surface area (Å²) in [5, 5.41) is 13.5. The molecule has 21 heavy (non-hydrogen) atoms. The third kappa shape index (κ3) is 3.01. The second kappa shape index (κ2) is 5.85. The van der Waals surface area contributed by atoms with Crippen LogP contribution in [0, 0.1) is 5.41 Å². The molecular formula is C16H21ClN2O2. The van der Waals surface area contributed by atoms with E-state index in [4.69, 9.17) is 11.6 Å². The minimum Gasteiger partial charge on any atom is -0.508 e. The quantitative estimate of drug-likeness (QED) is 0.838. The Morgan fingerprint density at radius 1 is 1.33 bits per heavy atom. The van der Waals surface area contributed by atoms with Crippen LogP contribution in [0.2, 0.25) is 5.02 Å². The van der Waals surface area contributed by atoms with Gasteiger partial charge in [-0.15, -0.1) is 0 Å². The molecule has 1 spiro atoms. The Bertz CT molecular complexity index is 536. The summed E-state index contributed by atoms with van der Waals surface area (Å²) >= 11 is 6.12. The standard InChI is InChI=1S/C16H21ClN2O2/c17-14-4-3-12(20)9-13(14)15(21)19-8-2-6-16(11-19)5-1-7-18-10-16/h3-4,9,18,20H,1-2,5-8,10-11H2. The van der Waals surface area contributed by atoms with Gasteiger partial charge in [0.25, 0.3) is 5.91 Å². The lowest BCUT2D eigenvalue weighted by Gasteiger charge is -2.45. The number of likely N-dealkylation sites (tertiary alicyclic amines) is 1. The van der Waals surface area contributed by atoms with E-state index in [2.05, 4.69) is 5.32 Å². The highest BCUT2D eigenvalue weighted by Gasteiger charge is 2.38. The molecule has 1 amide bonds. The van der Waals surface area contributed by atoms with Gasteiger partial charge < -0.3 is 15.3 Å². The number of nitrogens with zero attached hydrogens (tertiary/aromatic N) is 1. The van der Waals surface area contributed by atoms with Gasteiger partial charge in [0.05, 0.1) is 10.6 Å². The number of phenolic OH excluding ortho intramolecular Hbond substituents is 1. The molecule has 0 bridgehead atoms. The van der Waals surface area contributed by atoms with Crippen molar-refractivity contribution in [3.05, 3.63) is 28.8 Å². The molecule has 5 heteroatoms. The van der Waals surface area contributed by atoms with Gasteiger partial charge >= 0.3 is 0 Å². The number of nitrogens with one attached hydrogen (secondary N) is 1. The molecule has 0 aliphatic carbocycles. The number of hydrogen-bond acceptors (Lipinski definition) is 3. The predicted molar refractivity (Wildman–Crippen MR) is 82.8 cm³/mol. The van der Waals surface area contributed by atoms with Crippen molar-refractivity contribution in [3.8, 4) is 5.75 Å². The molecule has 3 rings (SSSR count). The number of amides is 1. The number of rotatable bonds is 1. The number of benzene rings is 1. The van der Waals surface area contributed by atoms with Crippen molar-refractivity contribution in [3.63, 3.8) is 0 Å². The van der Waals surface area contributed by atoms with Crippen molar-refractivity contribution in [1.82, 2.24) is 10.2 Å². The normalized spacial score (nSPS) is 26.0. The highest BCUT2D eigenvalue weighted by atomic mass is 35.5. The van der Waals surface area contributed by atoms with Gasteiger partial charge in [0.2, 0.25) is 0 Å². The molecule has 114 valence electrons. The smallest absolute Gasteiger partial charge is 0.255 e. The van der Waals surface area contributed by atoms with Crippen LogP contribution in [0.25, 0.3) is 0 Å². The zero-order valence-corrected chi connectivity index (χ0v) is 12.8. The van der Waals surface area contributed by atoms with E-state index in [-0.39, 0.29) is 17.1 Å². The molecule has 2 heterocycles. The van der Waals surface area contributed by atoms with Crippen LogP contribution in [-0.2, 0) is 0 Å². The van der Waals surface area contributed by atoms with E-state index in [1.807, 2.05) is 4.90 Å². The lowest BCUT2D eigenvalue weighted by atomic mass is 9.74. The largest absolute Gasteiger partial charge is 0.508 e. The molecule has 2 fully saturated rings. The highest BCUT2D eigenvalue weighted by Crippen LogP contribution is 2.36. The van der Waals surface area contributed by atoms with Crippen LogP contribution < -0.4 is 5.32 Å². The van der Waals surface area contributed by atoms with Crippen LogP contribution in [0.5, 0.6) is 5.75 Å². The van der Waals surface area contributed by atoms with Gasteiger partial charge in [0.1, 0.15) is 5.75 Å². The van der Waals surface area contributed by atoms with Gasteiger partial charge in [-0.1, -0.05) is 11.6 Å². The summed E-state index contributed by atoms with van der Waals surface area (Å²) in [5.74, 6) is 0.00866. The number of carbonyl (C=O) groups is 1. The molecule has 2 N–H and O–H groups in total. The number of carbonyl (C=O) groups excluding carboxylic acids is 1. The highest BCUT2D eigenvalue weighted by molar-refractivity contribution is 6.33. The fraction of sp³-hybridized carbons (Fsp3) is 0.562. The SMILES string of the molecule is O=C(c1cc(O)ccc1Cl)N1CCCC2(CCCNC2)C1. The molecule has 2 saturated heterocycles. The van der Waals surface area contributed by atoms with Crippen LogP contribution in [0.1, 0.15) is 36.0 Å². The van der Waals surface area contributed by atoms with Crippen molar-refractivity contribution in [2.45, 2.75) is 25.7 Å². The summed E-state index contributed by atoms with van der Waals surface area (Å²) in [6.45, 7) is 3.62. The number of halogens is 1. The molecule has 0 radical (unpaired) electrons. The first-order valence-electron chi connectivity index (χ1n) is 7.58. The Hall–Kier alpha value is -1.26. The number of hydrogen-bond donors (Lipinski definition) is 2. The van der Waals surface area contributed by atoms with Gasteiger partial charge in [0.15, 0.2) is 0 Å². The molecule has 1 unspecified atom stereocenters. The minimum atomic E-state index is -0.0689. The molecule has 1 aromatic rings. The van der Waals surface area contributed by atoms with E-state index in [1.54, 1.807) is 6.07 Å². The van der Waals surface area contributed by atoms with Gasteiger partial charge in [-0.25, -0.2) is 0 Å². The van der Waals surface area contributed by atoms with Crippen molar-refractivity contribution in [1.29, 1.82) is 0 Å². The lowest BCUT2D eigenvalue weighted by Crippen LogP contribution is -2.52. The predicted octanol–water partition coefficient (Wildman–Crippen LogP) is 2.65. The van der Waals surface area contributed by atoms with E-state index in [0.717, 1.165) is 32.6 Å². The van der Waals surface area contributed by atoms with Crippen LogP contribution in [-0.4, -0.2) is 42.1 Å². The third-order valence-electron chi connectivity index (χ3n) is 4.69. The molecule has 4 nitrogen and oxygen atoms in total. The summed E-state index contributed by atoms with van der Waals surface area (Å²) in [4.78, 5) is 14.6. The Morgan fingerprint density at radius 3 is 2.90 bits per heavy atom. The Morgan fingerprint density at radius 2 is 2.14 bits per heavy atom. The molecule has 1 atom stereocenters. The zero-order chi connectivity index (χ0) is 14.9. The van der Waals surface area contributed by atoms with Crippen LogP contribution in [0.15, 0.2) is 18.2 Å². The topological polar surface area (TPSA) is 52.6 Å². The van der Waals surface area contributed by atoms with Crippen molar-refractivity contribution in [2.75, 3.05) is 26.2 Å². The summed E-state index contributed by atoms with van der Waals surface area (Å²) < 4.78 is 0. The summed E-state index contributed by atoms with van der Waals surface area (Å²) in [7, 11) is 0. The number of phenols is 1. The fourth-order valence-corrected chi connectivity index (χ4v) is 3.81. The van der Waals surface area contributed by atoms with E-state index in [9.17, 15) is 9.90 Å². The molecule has 0 aromatic heterocycles. The Balaban J connectivity index is 1.79. The van der Waals surface area contributed by atoms with Gasteiger partial charge in [-0.2, -0.15) is 0 Å². The Kier molecular flexibility index (Phi) is 4.09. The molecular weight excluding hydrogens is 288 g/mol. The van der Waals surface area contributed by atoms with Crippen molar-refractivity contribution < 1.29 is 9.90 Å². The summed E-state index contributed by atoms with van der Waals surface area (Å²) in [5.41, 5.74) is 0.618. The van der Waals surface area contributed by atoms with E-state index >= 15 is 0 Å². The van der Waals surface area contributed by atoms with E-state index < -0.39 is 0 Å². The monoisotopic (exact) mass is 308 g/mol. The van der Waals surface area contributed by atoms with Gasteiger partial charge in [-0.3, -0.25) is 4.79 Å². The first-order chi connectivity index (χ1) is 10.1. The molecule has 2 aliphatic rings. The van der Waals surface area contributed by atoms with Crippen LogP contribution >= 0.6 is 11.6 Å². The second-order valence-electron chi connectivity index (χ2n) is 6.27. The van der Waals surface area contributed by atoms with E-state index in [0.29, 0.717) is 10.6 Å². The second-order valence-corrected chi connectivity index (χ2v) is 6.68. The summed E-state index contributed by atoms with van der Waals surface area (Å²) in [6, 6.07) is 4.54. The van der Waals surface area contributed by atoms with Crippen molar-refractivity contribution in [2.24, 2.45) is 5.41 Å². The lowest BCUT2D eigenvalue weighted by molar-refractivity contribution is 0.0434. The first kappa shape index (κ1) is 14.7. The summed E-state index contributed by atoms with van der Waals surface area (Å²) in [6.07, 6.45) is 4.56. The maximum atomic E-state index is 12.7. The third-order valence-corrected chi connectivity index (χ3v) is 5.02. The number of aromatic hydroxyl groups is 1. The van der Waals surface area contributed by atoms with Crippen LogP contribution in [0.3, 0.4) is 0 Å². The van der Waals surface area contributed by atoms with E-state index in [1.165, 1.54) is 31.4 Å². The van der Waals surface area contributed by atoms with Crippen molar-refractivity contribution >= 4 is 17.5 Å². The average Bonchev–Trinajstić information content (AvgIpc) is 2.50. The molecule has 0 saturated carbocycles. The maximum absolute atomic E-state index is 12.7. The Labute approximate surface area is 130 Å². The molecule has 2 aliphatic heterocycles. The van der Waals surface area contributed by atoms with Gasteiger partial charge in [0, 0.05) is 25.0 Å². The minimum absolute atomic E-state index is 0.0689. The number of piperidine rings is 2.